The van der Waals surface area contributed by atoms with Crippen molar-refractivity contribution in [2.75, 3.05) is 54.1 Å². The summed E-state index contributed by atoms with van der Waals surface area (Å²) in [6.45, 7) is 4.55. The molecule has 0 bridgehead atoms. The molecule has 0 amide bonds. The first-order valence-corrected chi connectivity index (χ1v) is 7.48. The monoisotopic (exact) mass is 294 g/mol. The predicted molar refractivity (Wildman–Crippen MR) is 83.2 cm³/mol. The minimum Gasteiger partial charge on any atom is -0.493 e. The molecule has 1 atom stereocenters. The van der Waals surface area contributed by atoms with E-state index in [0.29, 0.717) is 6.04 Å². The largest absolute Gasteiger partial charge is 0.493 e. The van der Waals surface area contributed by atoms with Gasteiger partial charge in [-0.05, 0) is 37.7 Å². The summed E-state index contributed by atoms with van der Waals surface area (Å²) in [4.78, 5) is 2.49. The van der Waals surface area contributed by atoms with Crippen molar-refractivity contribution in [3.8, 4) is 11.5 Å². The molecule has 1 aliphatic rings. The summed E-state index contributed by atoms with van der Waals surface area (Å²) in [5.74, 6) is 1.56. The van der Waals surface area contributed by atoms with Gasteiger partial charge in [0.1, 0.15) is 0 Å². The maximum Gasteiger partial charge on any atom is 0.161 e. The van der Waals surface area contributed by atoms with E-state index in [9.17, 15) is 0 Å². The summed E-state index contributed by atoms with van der Waals surface area (Å²) in [6.07, 6.45) is 1.06. The van der Waals surface area contributed by atoms with Crippen LogP contribution in [0.2, 0.25) is 0 Å². The molecule has 1 aromatic rings. The molecule has 1 unspecified atom stereocenters. The second-order valence-corrected chi connectivity index (χ2v) is 5.17. The third-order valence-electron chi connectivity index (χ3n) is 3.95. The molecule has 0 aliphatic carbocycles. The number of methoxy groups -OCH3 is 2. The van der Waals surface area contributed by atoms with E-state index in [1.54, 1.807) is 14.2 Å². The average Bonchev–Trinajstić information content (AvgIpc) is 2.56. The summed E-state index contributed by atoms with van der Waals surface area (Å²) in [5, 5.41) is 3.24. The number of nitrogens with zero attached hydrogens (tertiary/aromatic N) is 1. The molecule has 0 spiro atoms. The number of hydrogen-bond acceptors (Lipinski definition) is 5. The van der Waals surface area contributed by atoms with Gasteiger partial charge in [-0.3, -0.25) is 4.90 Å². The van der Waals surface area contributed by atoms with E-state index in [1.165, 1.54) is 5.56 Å². The topological polar surface area (TPSA) is 43.0 Å². The molecule has 1 aromatic carbocycles. The van der Waals surface area contributed by atoms with Crippen LogP contribution in [0.4, 0.5) is 0 Å². The number of morpholine rings is 1. The fourth-order valence-electron chi connectivity index (χ4n) is 2.79. The van der Waals surface area contributed by atoms with Crippen molar-refractivity contribution in [2.45, 2.75) is 12.5 Å². The van der Waals surface area contributed by atoms with E-state index in [4.69, 9.17) is 14.2 Å². The highest BCUT2D eigenvalue weighted by Crippen LogP contribution is 2.33. The van der Waals surface area contributed by atoms with Gasteiger partial charge in [0.15, 0.2) is 11.5 Å². The number of hydrogen-bond donors (Lipinski definition) is 1. The van der Waals surface area contributed by atoms with Crippen LogP contribution in [0.25, 0.3) is 0 Å². The van der Waals surface area contributed by atoms with E-state index < -0.39 is 0 Å². The number of ether oxygens (including phenoxy) is 3. The fraction of sp³-hybridized carbons (Fsp3) is 0.625. The van der Waals surface area contributed by atoms with Crippen LogP contribution < -0.4 is 14.8 Å². The van der Waals surface area contributed by atoms with Crippen molar-refractivity contribution in [1.82, 2.24) is 10.2 Å². The van der Waals surface area contributed by atoms with Gasteiger partial charge in [-0.2, -0.15) is 0 Å². The lowest BCUT2D eigenvalue weighted by atomic mass is 10.0. The van der Waals surface area contributed by atoms with Crippen LogP contribution in [0, 0.1) is 0 Å². The molecule has 2 rings (SSSR count). The molecule has 1 saturated heterocycles. The third-order valence-corrected chi connectivity index (χ3v) is 3.95. The van der Waals surface area contributed by atoms with E-state index in [1.807, 2.05) is 13.1 Å². The summed E-state index contributed by atoms with van der Waals surface area (Å²) < 4.78 is 16.2. The van der Waals surface area contributed by atoms with Crippen LogP contribution in [-0.2, 0) is 4.74 Å². The lowest BCUT2D eigenvalue weighted by Gasteiger charge is -2.35. The van der Waals surface area contributed by atoms with Crippen LogP contribution in [0.1, 0.15) is 18.0 Å². The lowest BCUT2D eigenvalue weighted by molar-refractivity contribution is 0.0143. The maximum absolute atomic E-state index is 5.47. The maximum atomic E-state index is 5.47. The van der Waals surface area contributed by atoms with Gasteiger partial charge in [-0.15, -0.1) is 0 Å². The van der Waals surface area contributed by atoms with Crippen LogP contribution >= 0.6 is 0 Å². The number of rotatable bonds is 7. The molecule has 0 radical (unpaired) electrons. The van der Waals surface area contributed by atoms with Crippen molar-refractivity contribution in [1.29, 1.82) is 0 Å². The van der Waals surface area contributed by atoms with E-state index >= 15 is 0 Å². The second-order valence-electron chi connectivity index (χ2n) is 5.17. The Kier molecular flexibility index (Phi) is 6.29. The Morgan fingerprint density at radius 2 is 1.90 bits per heavy atom. The third kappa shape index (κ3) is 4.09. The highest BCUT2D eigenvalue weighted by Gasteiger charge is 2.23. The zero-order chi connectivity index (χ0) is 15.1. The molecule has 21 heavy (non-hydrogen) atoms. The van der Waals surface area contributed by atoms with Gasteiger partial charge in [0.2, 0.25) is 0 Å². The minimum absolute atomic E-state index is 0.376. The van der Waals surface area contributed by atoms with Crippen LogP contribution in [0.3, 0.4) is 0 Å². The van der Waals surface area contributed by atoms with Gasteiger partial charge in [0, 0.05) is 19.1 Å². The van der Waals surface area contributed by atoms with Gasteiger partial charge >= 0.3 is 0 Å². The van der Waals surface area contributed by atoms with Crippen LogP contribution in [-0.4, -0.2) is 59.0 Å². The molecule has 1 heterocycles. The van der Waals surface area contributed by atoms with Crippen LogP contribution in [0.5, 0.6) is 11.5 Å². The van der Waals surface area contributed by atoms with Crippen molar-refractivity contribution in [2.24, 2.45) is 0 Å². The molecule has 0 saturated carbocycles. The zero-order valence-electron chi connectivity index (χ0n) is 13.2. The van der Waals surface area contributed by atoms with E-state index in [-0.39, 0.29) is 0 Å². The quantitative estimate of drug-likeness (QED) is 0.829. The Balaban J connectivity index is 2.22. The summed E-state index contributed by atoms with van der Waals surface area (Å²) in [5.41, 5.74) is 1.27. The SMILES string of the molecule is CNCCC(c1ccc(OC)c(OC)c1)N1CCOCC1. The molecular formula is C16H26N2O3. The molecule has 118 valence electrons. The number of benzene rings is 1. The van der Waals surface area contributed by atoms with Gasteiger partial charge in [0.25, 0.3) is 0 Å². The highest BCUT2D eigenvalue weighted by atomic mass is 16.5. The second kappa shape index (κ2) is 8.22. The number of nitrogens with one attached hydrogen (secondary N) is 1. The first kappa shape index (κ1) is 16.1. The Bertz CT molecular complexity index is 434. The Labute approximate surface area is 127 Å². The first-order valence-electron chi connectivity index (χ1n) is 7.48. The van der Waals surface area contributed by atoms with Crippen molar-refractivity contribution in [3.63, 3.8) is 0 Å². The van der Waals surface area contributed by atoms with Gasteiger partial charge in [-0.1, -0.05) is 6.07 Å². The summed E-state index contributed by atoms with van der Waals surface area (Å²) in [7, 11) is 5.34. The molecule has 1 aliphatic heterocycles. The average molecular weight is 294 g/mol. The smallest absolute Gasteiger partial charge is 0.161 e. The predicted octanol–water partition coefficient (Wildman–Crippen LogP) is 1.69. The first-order chi connectivity index (χ1) is 10.3. The minimum atomic E-state index is 0.376. The Morgan fingerprint density at radius 1 is 1.19 bits per heavy atom. The van der Waals surface area contributed by atoms with Gasteiger partial charge in [0.05, 0.1) is 27.4 Å². The van der Waals surface area contributed by atoms with Crippen LogP contribution in [0.15, 0.2) is 18.2 Å². The fourth-order valence-corrected chi connectivity index (χ4v) is 2.79. The summed E-state index contributed by atoms with van der Waals surface area (Å²) >= 11 is 0. The van der Waals surface area contributed by atoms with Crippen molar-refractivity contribution < 1.29 is 14.2 Å². The summed E-state index contributed by atoms with van der Waals surface area (Å²) in [6, 6.07) is 6.59. The highest BCUT2D eigenvalue weighted by molar-refractivity contribution is 5.43. The molecule has 5 nitrogen and oxygen atoms in total. The van der Waals surface area contributed by atoms with Gasteiger partial charge < -0.3 is 19.5 Å². The van der Waals surface area contributed by atoms with Crippen molar-refractivity contribution >= 4 is 0 Å². The van der Waals surface area contributed by atoms with Crippen molar-refractivity contribution in [3.05, 3.63) is 23.8 Å². The Morgan fingerprint density at radius 3 is 2.52 bits per heavy atom. The Hall–Kier alpha value is -1.30. The molecule has 0 aromatic heterocycles. The normalized spacial score (nSPS) is 17.5. The molecular weight excluding hydrogens is 268 g/mol. The molecule has 5 heteroatoms. The lowest BCUT2D eigenvalue weighted by Crippen LogP contribution is -2.40. The molecule has 1 fully saturated rings. The van der Waals surface area contributed by atoms with E-state index in [2.05, 4.69) is 22.3 Å². The standard InChI is InChI=1S/C16H26N2O3/c1-17-7-6-14(18-8-10-21-11-9-18)13-4-5-15(19-2)16(12-13)20-3/h4-5,12,14,17H,6-11H2,1-3H3. The molecule has 1 N–H and O–H groups in total. The zero-order valence-corrected chi connectivity index (χ0v) is 13.2. The van der Waals surface area contributed by atoms with Gasteiger partial charge in [-0.25, -0.2) is 0 Å². The van der Waals surface area contributed by atoms with E-state index in [0.717, 1.165) is 50.8 Å².